The molecule has 1 rings (SSSR count). The molecular weight excluding hydrogens is 132 g/mol. The van der Waals surface area contributed by atoms with Crippen molar-refractivity contribution in [2.45, 2.75) is 33.1 Å². The molecule has 1 fully saturated rings. The molecule has 11 heavy (non-hydrogen) atoms. The predicted molar refractivity (Wildman–Crippen MR) is 50.5 cm³/mol. The summed E-state index contributed by atoms with van der Waals surface area (Å²) in [4.78, 5) is 0. The fourth-order valence-corrected chi connectivity index (χ4v) is 2.12. The van der Waals surface area contributed by atoms with Crippen LogP contribution in [-0.2, 0) is 0 Å². The minimum Gasteiger partial charge on any atom is -0.102 e. The van der Waals surface area contributed by atoms with Crippen molar-refractivity contribution in [2.75, 3.05) is 0 Å². The van der Waals surface area contributed by atoms with Crippen molar-refractivity contribution < 1.29 is 0 Å². The second-order valence-electron chi connectivity index (χ2n) is 4.21. The van der Waals surface area contributed by atoms with Crippen LogP contribution in [0.15, 0.2) is 24.8 Å². The van der Waals surface area contributed by atoms with E-state index in [0.717, 1.165) is 0 Å². The largest absolute Gasteiger partial charge is 0.102 e. The van der Waals surface area contributed by atoms with Crippen LogP contribution in [0.25, 0.3) is 0 Å². The molecule has 1 saturated carbocycles. The van der Waals surface area contributed by atoms with E-state index in [1.54, 1.807) is 0 Å². The maximum absolute atomic E-state index is 4.09. The fraction of sp³-hybridized carbons (Fsp3) is 0.636. The Kier molecular flexibility index (Phi) is 2.22. The molecule has 0 unspecified atom stereocenters. The summed E-state index contributed by atoms with van der Waals surface area (Å²) in [6.45, 7) is 12.6. The fourth-order valence-electron chi connectivity index (χ4n) is 2.12. The van der Waals surface area contributed by atoms with E-state index >= 15 is 0 Å². The highest BCUT2D eigenvalue weighted by Gasteiger charge is 2.31. The second kappa shape index (κ2) is 2.84. The lowest BCUT2D eigenvalue weighted by Gasteiger charge is -2.38. The first kappa shape index (κ1) is 8.58. The summed E-state index contributed by atoms with van der Waals surface area (Å²) in [6.07, 6.45) is 5.86. The minimum absolute atomic E-state index is 0.400. The van der Waals surface area contributed by atoms with Crippen molar-refractivity contribution in [1.29, 1.82) is 0 Å². The molecule has 0 bridgehead atoms. The Labute approximate surface area is 70.0 Å². The summed E-state index contributed by atoms with van der Waals surface area (Å²) in [5, 5.41) is 0. The normalized spacial score (nSPS) is 30.0. The Morgan fingerprint density at radius 1 is 1.55 bits per heavy atom. The maximum Gasteiger partial charge on any atom is 0.00226 e. The average molecular weight is 150 g/mol. The Morgan fingerprint density at radius 3 is 2.55 bits per heavy atom. The number of rotatable bonds is 1. The Hall–Kier alpha value is -0.520. The molecule has 1 aliphatic carbocycles. The van der Waals surface area contributed by atoms with Crippen molar-refractivity contribution >= 4 is 0 Å². The van der Waals surface area contributed by atoms with Gasteiger partial charge < -0.3 is 0 Å². The van der Waals surface area contributed by atoms with E-state index in [4.69, 9.17) is 0 Å². The zero-order chi connectivity index (χ0) is 8.48. The van der Waals surface area contributed by atoms with E-state index in [1.807, 2.05) is 0 Å². The SMILES string of the molecule is C=C[C@H]1C(=C)CCCC1(C)C. The molecule has 0 heterocycles. The van der Waals surface area contributed by atoms with Gasteiger partial charge in [-0.15, -0.1) is 6.58 Å². The summed E-state index contributed by atoms with van der Waals surface area (Å²) < 4.78 is 0. The van der Waals surface area contributed by atoms with Gasteiger partial charge in [0.1, 0.15) is 0 Å². The Morgan fingerprint density at radius 2 is 2.18 bits per heavy atom. The van der Waals surface area contributed by atoms with Gasteiger partial charge in [-0.05, 0) is 24.7 Å². The van der Waals surface area contributed by atoms with Crippen LogP contribution in [-0.4, -0.2) is 0 Å². The topological polar surface area (TPSA) is 0 Å². The smallest absolute Gasteiger partial charge is 0.00226 e. The van der Waals surface area contributed by atoms with Crippen molar-refractivity contribution in [1.82, 2.24) is 0 Å². The highest BCUT2D eigenvalue weighted by molar-refractivity contribution is 5.15. The molecule has 0 aromatic heterocycles. The van der Waals surface area contributed by atoms with Gasteiger partial charge in [0.05, 0.1) is 0 Å². The van der Waals surface area contributed by atoms with E-state index in [9.17, 15) is 0 Å². The Bertz CT molecular complexity index is 174. The molecule has 0 N–H and O–H groups in total. The molecule has 0 amide bonds. The van der Waals surface area contributed by atoms with Gasteiger partial charge in [-0.2, -0.15) is 0 Å². The third-order valence-corrected chi connectivity index (χ3v) is 2.84. The zero-order valence-electron chi connectivity index (χ0n) is 7.69. The third-order valence-electron chi connectivity index (χ3n) is 2.84. The molecule has 0 heteroatoms. The monoisotopic (exact) mass is 150 g/mol. The van der Waals surface area contributed by atoms with Gasteiger partial charge in [-0.3, -0.25) is 0 Å². The van der Waals surface area contributed by atoms with Crippen LogP contribution in [0.4, 0.5) is 0 Å². The number of hydrogen-bond donors (Lipinski definition) is 0. The molecule has 62 valence electrons. The molecule has 0 aromatic carbocycles. The van der Waals surface area contributed by atoms with Crippen molar-refractivity contribution in [3.63, 3.8) is 0 Å². The quantitative estimate of drug-likeness (QED) is 0.501. The van der Waals surface area contributed by atoms with Gasteiger partial charge >= 0.3 is 0 Å². The Balaban J connectivity index is 2.80. The summed E-state index contributed by atoms with van der Waals surface area (Å²) in [5.74, 6) is 0.538. The lowest BCUT2D eigenvalue weighted by molar-refractivity contribution is 0.228. The van der Waals surface area contributed by atoms with Crippen LogP contribution in [0.1, 0.15) is 33.1 Å². The van der Waals surface area contributed by atoms with E-state index in [1.165, 1.54) is 24.8 Å². The van der Waals surface area contributed by atoms with Crippen LogP contribution in [0.5, 0.6) is 0 Å². The van der Waals surface area contributed by atoms with Crippen LogP contribution < -0.4 is 0 Å². The second-order valence-corrected chi connectivity index (χ2v) is 4.21. The van der Waals surface area contributed by atoms with Crippen LogP contribution in [0.2, 0.25) is 0 Å². The lowest BCUT2D eigenvalue weighted by atomic mass is 9.67. The van der Waals surface area contributed by atoms with E-state index in [-0.39, 0.29) is 0 Å². The molecule has 0 aliphatic heterocycles. The molecule has 1 aliphatic rings. The average Bonchev–Trinajstić information content (AvgIpc) is 1.86. The van der Waals surface area contributed by atoms with Gasteiger partial charge in [0.25, 0.3) is 0 Å². The van der Waals surface area contributed by atoms with E-state index in [2.05, 4.69) is 33.1 Å². The molecule has 1 atom stereocenters. The first-order valence-corrected chi connectivity index (χ1v) is 4.38. The van der Waals surface area contributed by atoms with Gasteiger partial charge in [-0.25, -0.2) is 0 Å². The van der Waals surface area contributed by atoms with Gasteiger partial charge in [0.15, 0.2) is 0 Å². The molecule has 0 radical (unpaired) electrons. The summed E-state index contributed by atoms with van der Waals surface area (Å²) in [6, 6.07) is 0. The predicted octanol–water partition coefficient (Wildman–Crippen LogP) is 3.55. The van der Waals surface area contributed by atoms with Gasteiger partial charge in [0, 0.05) is 5.92 Å². The van der Waals surface area contributed by atoms with Crippen molar-refractivity contribution in [3.8, 4) is 0 Å². The number of allylic oxidation sites excluding steroid dienone is 2. The highest BCUT2D eigenvalue weighted by Crippen LogP contribution is 2.43. The lowest BCUT2D eigenvalue weighted by Crippen LogP contribution is -2.27. The third kappa shape index (κ3) is 1.55. The van der Waals surface area contributed by atoms with E-state index < -0.39 is 0 Å². The summed E-state index contributed by atoms with van der Waals surface area (Å²) in [5.41, 5.74) is 1.77. The zero-order valence-corrected chi connectivity index (χ0v) is 7.69. The van der Waals surface area contributed by atoms with Crippen molar-refractivity contribution in [3.05, 3.63) is 24.8 Å². The highest BCUT2D eigenvalue weighted by atomic mass is 14.4. The molecule has 0 aromatic rings. The molecule has 0 nitrogen and oxygen atoms in total. The van der Waals surface area contributed by atoms with Crippen LogP contribution >= 0.6 is 0 Å². The summed E-state index contributed by atoms with van der Waals surface area (Å²) >= 11 is 0. The van der Waals surface area contributed by atoms with Gasteiger partial charge in [0.2, 0.25) is 0 Å². The van der Waals surface area contributed by atoms with E-state index in [0.29, 0.717) is 11.3 Å². The summed E-state index contributed by atoms with van der Waals surface area (Å²) in [7, 11) is 0. The number of hydrogen-bond acceptors (Lipinski definition) is 0. The van der Waals surface area contributed by atoms with Crippen molar-refractivity contribution in [2.24, 2.45) is 11.3 Å². The first-order valence-electron chi connectivity index (χ1n) is 4.38. The first-order chi connectivity index (χ1) is 5.08. The van der Waals surface area contributed by atoms with Crippen LogP contribution in [0.3, 0.4) is 0 Å². The standard InChI is InChI=1S/C11H18/c1-5-10-9(2)7-6-8-11(10,3)4/h5,10H,1-2,6-8H2,3-4H3/t10-/m0/s1. The maximum atomic E-state index is 4.09. The van der Waals surface area contributed by atoms with Gasteiger partial charge in [-0.1, -0.05) is 32.1 Å². The molecular formula is C11H18. The molecule has 0 saturated heterocycles. The van der Waals surface area contributed by atoms with Crippen LogP contribution in [0, 0.1) is 11.3 Å². The minimum atomic E-state index is 0.400. The molecule has 0 spiro atoms.